The molecule has 3 rings (SSSR count). The summed E-state index contributed by atoms with van der Waals surface area (Å²) in [5.41, 5.74) is 1.47. The van der Waals surface area contributed by atoms with E-state index in [-0.39, 0.29) is 5.41 Å². The third-order valence-electron chi connectivity index (χ3n) is 4.45. The van der Waals surface area contributed by atoms with E-state index in [9.17, 15) is 0 Å². The first-order chi connectivity index (χ1) is 8.83. The number of hydrogen-bond acceptors (Lipinski definition) is 4. The van der Waals surface area contributed by atoms with Crippen molar-refractivity contribution in [1.29, 1.82) is 0 Å². The number of ether oxygens (including phenoxy) is 1. The number of pyridine rings is 1. The molecule has 0 radical (unpaired) electrons. The Bertz CT molecular complexity index is 385. The normalized spacial score (nSPS) is 25.4. The molecule has 1 atom stereocenters. The predicted molar refractivity (Wildman–Crippen MR) is 70.6 cm³/mol. The van der Waals surface area contributed by atoms with Crippen LogP contribution in [0.1, 0.15) is 12.5 Å². The summed E-state index contributed by atoms with van der Waals surface area (Å²) in [6, 6.07) is 4.73. The molecule has 4 heteroatoms. The van der Waals surface area contributed by atoms with Crippen LogP contribution in [0.15, 0.2) is 24.5 Å². The van der Waals surface area contributed by atoms with E-state index in [0.717, 1.165) is 39.4 Å². The molecule has 0 aromatic carbocycles. The van der Waals surface area contributed by atoms with Crippen LogP contribution in [0.4, 0.5) is 0 Å². The second-order valence-electron chi connectivity index (χ2n) is 5.35. The number of rotatable bonds is 3. The van der Waals surface area contributed by atoms with Crippen molar-refractivity contribution in [2.75, 3.05) is 39.4 Å². The number of nitrogens with zero attached hydrogens (tertiary/aromatic N) is 2. The van der Waals surface area contributed by atoms with E-state index in [2.05, 4.69) is 28.2 Å². The van der Waals surface area contributed by atoms with E-state index < -0.39 is 0 Å². The molecule has 1 aromatic heterocycles. The highest BCUT2D eigenvalue weighted by Crippen LogP contribution is 2.37. The fourth-order valence-corrected chi connectivity index (χ4v) is 3.05. The van der Waals surface area contributed by atoms with Gasteiger partial charge in [0, 0.05) is 44.6 Å². The van der Waals surface area contributed by atoms with Crippen LogP contribution >= 0.6 is 0 Å². The predicted octanol–water partition coefficient (Wildman–Crippen LogP) is 0.643. The monoisotopic (exact) mass is 247 g/mol. The Kier molecular flexibility index (Phi) is 3.33. The zero-order valence-electron chi connectivity index (χ0n) is 10.9. The van der Waals surface area contributed by atoms with Crippen molar-refractivity contribution in [3.05, 3.63) is 30.1 Å². The number of hydrogen-bond donors (Lipinski definition) is 1. The molecule has 2 aliphatic heterocycles. The Labute approximate surface area is 108 Å². The average Bonchev–Trinajstić information content (AvgIpc) is 2.40. The highest BCUT2D eigenvalue weighted by Gasteiger charge is 2.47. The molecule has 98 valence electrons. The summed E-state index contributed by atoms with van der Waals surface area (Å²) >= 11 is 0. The van der Waals surface area contributed by atoms with Gasteiger partial charge in [0.15, 0.2) is 0 Å². The maximum absolute atomic E-state index is 5.53. The first-order valence-electron chi connectivity index (χ1n) is 6.76. The second kappa shape index (κ2) is 4.96. The molecule has 2 aliphatic rings. The topological polar surface area (TPSA) is 37.4 Å². The number of piperazine rings is 1. The van der Waals surface area contributed by atoms with Crippen LogP contribution in [0.3, 0.4) is 0 Å². The van der Waals surface area contributed by atoms with Crippen molar-refractivity contribution >= 4 is 0 Å². The van der Waals surface area contributed by atoms with Crippen LogP contribution in [0.5, 0.6) is 0 Å². The zero-order valence-corrected chi connectivity index (χ0v) is 10.9. The van der Waals surface area contributed by atoms with Crippen molar-refractivity contribution in [2.45, 2.75) is 18.4 Å². The fraction of sp³-hybridized carbons (Fsp3) is 0.643. The first-order valence-corrected chi connectivity index (χ1v) is 6.76. The zero-order chi connectivity index (χ0) is 12.4. The molecule has 0 saturated carbocycles. The smallest absolute Gasteiger partial charge is 0.0601 e. The maximum atomic E-state index is 5.53. The van der Waals surface area contributed by atoms with E-state index in [1.807, 2.05) is 18.5 Å². The van der Waals surface area contributed by atoms with Gasteiger partial charge < -0.3 is 10.1 Å². The third kappa shape index (κ3) is 1.94. The largest absolute Gasteiger partial charge is 0.379 e. The summed E-state index contributed by atoms with van der Waals surface area (Å²) in [7, 11) is 0. The molecule has 3 heterocycles. The Balaban J connectivity index is 1.82. The van der Waals surface area contributed by atoms with Crippen molar-refractivity contribution < 1.29 is 4.74 Å². The van der Waals surface area contributed by atoms with Crippen molar-refractivity contribution in [2.24, 2.45) is 0 Å². The summed E-state index contributed by atoms with van der Waals surface area (Å²) in [5, 5.41) is 3.41. The molecule has 0 aliphatic carbocycles. The van der Waals surface area contributed by atoms with Crippen LogP contribution in [-0.2, 0) is 10.2 Å². The molecular formula is C14H21N3O. The SMILES string of the molecule is CC(N1CCNCC1)C1(c2cccnc2)COC1. The van der Waals surface area contributed by atoms with Gasteiger partial charge in [0.2, 0.25) is 0 Å². The Hall–Kier alpha value is -0.970. The van der Waals surface area contributed by atoms with Gasteiger partial charge in [-0.05, 0) is 18.6 Å². The fourth-order valence-electron chi connectivity index (χ4n) is 3.05. The molecule has 18 heavy (non-hydrogen) atoms. The number of nitrogens with one attached hydrogen (secondary N) is 1. The lowest BCUT2D eigenvalue weighted by molar-refractivity contribution is -0.100. The molecule has 1 N–H and O–H groups in total. The van der Waals surface area contributed by atoms with Gasteiger partial charge >= 0.3 is 0 Å². The molecule has 2 fully saturated rings. The standard InChI is InChI=1S/C14H21N3O/c1-12(17-7-5-15-6-8-17)14(10-18-11-14)13-3-2-4-16-9-13/h2-4,9,12,15H,5-8,10-11H2,1H3. The van der Waals surface area contributed by atoms with Gasteiger partial charge in [0.25, 0.3) is 0 Å². The van der Waals surface area contributed by atoms with Gasteiger partial charge in [0.1, 0.15) is 0 Å². The Morgan fingerprint density at radius 1 is 1.39 bits per heavy atom. The summed E-state index contributed by atoms with van der Waals surface area (Å²) < 4.78 is 5.53. The molecule has 2 saturated heterocycles. The van der Waals surface area contributed by atoms with Crippen molar-refractivity contribution in [1.82, 2.24) is 15.2 Å². The van der Waals surface area contributed by atoms with E-state index in [1.54, 1.807) is 0 Å². The molecular weight excluding hydrogens is 226 g/mol. The lowest BCUT2D eigenvalue weighted by atomic mass is 9.73. The van der Waals surface area contributed by atoms with E-state index in [0.29, 0.717) is 6.04 Å². The molecule has 1 aromatic rings. The lowest BCUT2D eigenvalue weighted by Gasteiger charge is -2.50. The van der Waals surface area contributed by atoms with Crippen LogP contribution in [0.2, 0.25) is 0 Å². The van der Waals surface area contributed by atoms with E-state index >= 15 is 0 Å². The van der Waals surface area contributed by atoms with Gasteiger partial charge in [-0.1, -0.05) is 6.07 Å². The van der Waals surface area contributed by atoms with Gasteiger partial charge in [-0.25, -0.2) is 0 Å². The van der Waals surface area contributed by atoms with Gasteiger partial charge in [-0.15, -0.1) is 0 Å². The van der Waals surface area contributed by atoms with Gasteiger partial charge in [-0.3, -0.25) is 9.88 Å². The quantitative estimate of drug-likeness (QED) is 0.851. The van der Waals surface area contributed by atoms with Crippen LogP contribution in [0, 0.1) is 0 Å². The highest BCUT2D eigenvalue weighted by atomic mass is 16.5. The van der Waals surface area contributed by atoms with Gasteiger partial charge in [-0.2, -0.15) is 0 Å². The average molecular weight is 247 g/mol. The second-order valence-corrected chi connectivity index (χ2v) is 5.35. The molecule has 4 nitrogen and oxygen atoms in total. The van der Waals surface area contributed by atoms with Crippen LogP contribution < -0.4 is 5.32 Å². The number of aromatic nitrogens is 1. The molecule has 1 unspecified atom stereocenters. The first kappa shape index (κ1) is 12.1. The van der Waals surface area contributed by atoms with Crippen LogP contribution in [0.25, 0.3) is 0 Å². The Morgan fingerprint density at radius 2 is 2.17 bits per heavy atom. The minimum Gasteiger partial charge on any atom is -0.379 e. The molecule has 0 spiro atoms. The van der Waals surface area contributed by atoms with Crippen molar-refractivity contribution in [3.63, 3.8) is 0 Å². The summed E-state index contributed by atoms with van der Waals surface area (Å²) in [6.07, 6.45) is 3.84. The van der Waals surface area contributed by atoms with E-state index in [1.165, 1.54) is 5.56 Å². The van der Waals surface area contributed by atoms with E-state index in [4.69, 9.17) is 4.74 Å². The highest BCUT2D eigenvalue weighted by molar-refractivity contribution is 5.27. The van der Waals surface area contributed by atoms with Crippen molar-refractivity contribution in [3.8, 4) is 0 Å². The molecule has 0 amide bonds. The molecule has 0 bridgehead atoms. The summed E-state index contributed by atoms with van der Waals surface area (Å²) in [6.45, 7) is 8.42. The maximum Gasteiger partial charge on any atom is 0.0601 e. The minimum absolute atomic E-state index is 0.144. The third-order valence-corrected chi connectivity index (χ3v) is 4.45. The summed E-state index contributed by atoms with van der Waals surface area (Å²) in [5.74, 6) is 0. The summed E-state index contributed by atoms with van der Waals surface area (Å²) in [4.78, 5) is 6.85. The van der Waals surface area contributed by atoms with Gasteiger partial charge in [0.05, 0.1) is 18.6 Å². The van der Waals surface area contributed by atoms with Crippen LogP contribution in [-0.4, -0.2) is 55.3 Å². The Morgan fingerprint density at radius 3 is 2.72 bits per heavy atom. The minimum atomic E-state index is 0.144. The lowest BCUT2D eigenvalue weighted by Crippen LogP contribution is -2.62.